The topological polar surface area (TPSA) is 58.4 Å². The SMILES string of the molecule is CNC(C)(CCCN(C)c1ccc(C)cc1C)C(N)=O. The van der Waals surface area contributed by atoms with Gasteiger partial charge in [-0.15, -0.1) is 0 Å². The summed E-state index contributed by atoms with van der Waals surface area (Å²) in [5.41, 5.74) is 8.60. The van der Waals surface area contributed by atoms with Gasteiger partial charge in [-0.2, -0.15) is 0 Å². The zero-order chi connectivity index (χ0) is 15.3. The second kappa shape index (κ2) is 6.75. The highest BCUT2D eigenvalue weighted by atomic mass is 16.1. The minimum Gasteiger partial charge on any atom is -0.374 e. The predicted molar refractivity (Wildman–Crippen MR) is 85.1 cm³/mol. The number of nitrogens with two attached hydrogens (primary N) is 1. The van der Waals surface area contributed by atoms with Gasteiger partial charge in [-0.05, 0) is 52.3 Å². The molecule has 1 unspecified atom stereocenters. The predicted octanol–water partition coefficient (Wildman–Crippen LogP) is 1.98. The summed E-state index contributed by atoms with van der Waals surface area (Å²) in [6, 6.07) is 6.46. The van der Waals surface area contributed by atoms with Crippen LogP contribution in [-0.2, 0) is 4.79 Å². The maximum atomic E-state index is 11.4. The number of hydrogen-bond acceptors (Lipinski definition) is 3. The number of anilines is 1. The first kappa shape index (κ1) is 16.5. The second-order valence-electron chi connectivity index (χ2n) is 5.76. The number of carbonyl (C=O) groups is 1. The van der Waals surface area contributed by atoms with Crippen LogP contribution >= 0.6 is 0 Å². The third-order valence-electron chi connectivity index (χ3n) is 4.03. The van der Waals surface area contributed by atoms with Crippen LogP contribution in [0.4, 0.5) is 5.69 Å². The van der Waals surface area contributed by atoms with Crippen molar-refractivity contribution in [3.05, 3.63) is 29.3 Å². The fraction of sp³-hybridized carbons (Fsp3) is 0.562. The van der Waals surface area contributed by atoms with Crippen molar-refractivity contribution in [1.82, 2.24) is 5.32 Å². The van der Waals surface area contributed by atoms with Crippen LogP contribution in [0.1, 0.15) is 30.9 Å². The molecule has 0 aliphatic rings. The fourth-order valence-electron chi connectivity index (χ4n) is 2.40. The third-order valence-corrected chi connectivity index (χ3v) is 4.03. The van der Waals surface area contributed by atoms with E-state index < -0.39 is 5.54 Å². The van der Waals surface area contributed by atoms with E-state index in [-0.39, 0.29) is 5.91 Å². The highest BCUT2D eigenvalue weighted by molar-refractivity contribution is 5.84. The lowest BCUT2D eigenvalue weighted by Gasteiger charge is -2.27. The second-order valence-corrected chi connectivity index (χ2v) is 5.76. The van der Waals surface area contributed by atoms with E-state index in [1.807, 2.05) is 6.92 Å². The lowest BCUT2D eigenvalue weighted by molar-refractivity contribution is -0.123. The number of carbonyl (C=O) groups excluding carboxylic acids is 1. The Morgan fingerprint density at radius 1 is 1.40 bits per heavy atom. The standard InChI is InChI=1S/C16H27N3O/c1-12-7-8-14(13(2)11-12)19(5)10-6-9-16(3,18-4)15(17)20/h7-8,11,18H,6,9-10H2,1-5H3,(H2,17,20). The first-order valence-electron chi connectivity index (χ1n) is 7.07. The third kappa shape index (κ3) is 3.97. The molecule has 0 aliphatic heterocycles. The highest BCUT2D eigenvalue weighted by Gasteiger charge is 2.28. The summed E-state index contributed by atoms with van der Waals surface area (Å²) in [7, 11) is 3.86. The van der Waals surface area contributed by atoms with Crippen LogP contribution in [0.2, 0.25) is 0 Å². The average molecular weight is 277 g/mol. The van der Waals surface area contributed by atoms with E-state index in [0.29, 0.717) is 0 Å². The zero-order valence-corrected chi connectivity index (χ0v) is 13.3. The van der Waals surface area contributed by atoms with Crippen molar-refractivity contribution in [3.8, 4) is 0 Å². The molecule has 0 fully saturated rings. The molecule has 112 valence electrons. The Balaban J connectivity index is 2.59. The number of likely N-dealkylation sites (N-methyl/N-ethyl adjacent to an activating group) is 1. The minimum atomic E-state index is -0.622. The summed E-state index contributed by atoms with van der Waals surface area (Å²) >= 11 is 0. The summed E-state index contributed by atoms with van der Waals surface area (Å²) in [5, 5.41) is 3.02. The van der Waals surface area contributed by atoms with Crippen LogP contribution in [0, 0.1) is 13.8 Å². The zero-order valence-electron chi connectivity index (χ0n) is 13.3. The van der Waals surface area contributed by atoms with E-state index in [2.05, 4.69) is 49.3 Å². The minimum absolute atomic E-state index is 0.297. The Morgan fingerprint density at radius 3 is 2.55 bits per heavy atom. The normalized spacial score (nSPS) is 13.8. The molecule has 0 spiro atoms. The molecular formula is C16H27N3O. The molecule has 1 rings (SSSR count). The van der Waals surface area contributed by atoms with E-state index in [4.69, 9.17) is 5.73 Å². The van der Waals surface area contributed by atoms with E-state index in [0.717, 1.165) is 19.4 Å². The first-order valence-corrected chi connectivity index (χ1v) is 7.07. The Morgan fingerprint density at radius 2 is 2.05 bits per heavy atom. The molecule has 4 heteroatoms. The molecule has 3 N–H and O–H groups in total. The quantitative estimate of drug-likeness (QED) is 0.801. The molecule has 0 saturated carbocycles. The van der Waals surface area contributed by atoms with Crippen LogP contribution in [0.15, 0.2) is 18.2 Å². The number of benzene rings is 1. The highest BCUT2D eigenvalue weighted by Crippen LogP contribution is 2.21. The number of rotatable bonds is 7. The number of nitrogens with one attached hydrogen (secondary N) is 1. The van der Waals surface area contributed by atoms with Gasteiger partial charge >= 0.3 is 0 Å². The van der Waals surface area contributed by atoms with Gasteiger partial charge in [0.1, 0.15) is 0 Å². The van der Waals surface area contributed by atoms with Gasteiger partial charge in [-0.3, -0.25) is 4.79 Å². The molecule has 1 amide bonds. The molecule has 4 nitrogen and oxygen atoms in total. The molecule has 0 aromatic heterocycles. The van der Waals surface area contributed by atoms with Crippen LogP contribution in [0.5, 0.6) is 0 Å². The van der Waals surface area contributed by atoms with Gasteiger partial charge in [-0.1, -0.05) is 17.7 Å². The lowest BCUT2D eigenvalue weighted by atomic mass is 9.95. The molecule has 0 aliphatic carbocycles. The number of amides is 1. The molecular weight excluding hydrogens is 250 g/mol. The van der Waals surface area contributed by atoms with E-state index in [1.165, 1.54) is 16.8 Å². The van der Waals surface area contributed by atoms with Gasteiger partial charge in [-0.25, -0.2) is 0 Å². The molecule has 1 atom stereocenters. The largest absolute Gasteiger partial charge is 0.374 e. The summed E-state index contributed by atoms with van der Waals surface area (Å²) < 4.78 is 0. The van der Waals surface area contributed by atoms with Crippen LogP contribution in [-0.4, -0.2) is 32.1 Å². The van der Waals surface area contributed by atoms with Crippen molar-refractivity contribution in [2.24, 2.45) is 5.73 Å². The van der Waals surface area contributed by atoms with Crippen molar-refractivity contribution in [3.63, 3.8) is 0 Å². The van der Waals surface area contributed by atoms with Crippen LogP contribution < -0.4 is 16.0 Å². The summed E-state index contributed by atoms with van der Waals surface area (Å²) in [6.07, 6.45) is 1.64. The molecule has 0 bridgehead atoms. The molecule has 1 aromatic carbocycles. The van der Waals surface area contributed by atoms with Crippen molar-refractivity contribution < 1.29 is 4.79 Å². The Kier molecular flexibility index (Phi) is 5.57. The van der Waals surface area contributed by atoms with E-state index in [1.54, 1.807) is 7.05 Å². The Hall–Kier alpha value is -1.55. The Bertz CT molecular complexity index is 473. The van der Waals surface area contributed by atoms with Gasteiger partial charge < -0.3 is 16.0 Å². The fourth-order valence-corrected chi connectivity index (χ4v) is 2.40. The first-order chi connectivity index (χ1) is 9.30. The summed E-state index contributed by atoms with van der Waals surface area (Å²) in [6.45, 7) is 6.98. The number of hydrogen-bond donors (Lipinski definition) is 2. The van der Waals surface area contributed by atoms with Crippen molar-refractivity contribution in [1.29, 1.82) is 0 Å². The van der Waals surface area contributed by atoms with Crippen molar-refractivity contribution >= 4 is 11.6 Å². The van der Waals surface area contributed by atoms with E-state index >= 15 is 0 Å². The van der Waals surface area contributed by atoms with Crippen molar-refractivity contribution in [2.75, 3.05) is 25.5 Å². The lowest BCUT2D eigenvalue weighted by Crippen LogP contribution is -2.51. The van der Waals surface area contributed by atoms with Crippen molar-refractivity contribution in [2.45, 2.75) is 39.2 Å². The smallest absolute Gasteiger partial charge is 0.237 e. The van der Waals surface area contributed by atoms with Gasteiger partial charge in [0.05, 0.1) is 5.54 Å². The average Bonchev–Trinajstić information content (AvgIpc) is 2.37. The van der Waals surface area contributed by atoms with Gasteiger partial charge in [0.15, 0.2) is 0 Å². The van der Waals surface area contributed by atoms with Gasteiger partial charge in [0, 0.05) is 19.3 Å². The molecule has 20 heavy (non-hydrogen) atoms. The number of nitrogens with zero attached hydrogens (tertiary/aromatic N) is 1. The molecule has 0 saturated heterocycles. The number of primary amides is 1. The Labute approximate surface area is 122 Å². The molecule has 0 radical (unpaired) electrons. The maximum Gasteiger partial charge on any atom is 0.237 e. The maximum absolute atomic E-state index is 11.4. The summed E-state index contributed by atoms with van der Waals surface area (Å²) in [4.78, 5) is 13.7. The van der Waals surface area contributed by atoms with Gasteiger partial charge in [0.2, 0.25) is 5.91 Å². The molecule has 0 heterocycles. The summed E-state index contributed by atoms with van der Waals surface area (Å²) in [5.74, 6) is -0.297. The molecule has 1 aromatic rings. The number of aryl methyl sites for hydroxylation is 2. The van der Waals surface area contributed by atoms with Gasteiger partial charge in [0.25, 0.3) is 0 Å². The van der Waals surface area contributed by atoms with Crippen LogP contribution in [0.25, 0.3) is 0 Å². The van der Waals surface area contributed by atoms with Crippen LogP contribution in [0.3, 0.4) is 0 Å². The van der Waals surface area contributed by atoms with E-state index in [9.17, 15) is 4.79 Å². The monoisotopic (exact) mass is 277 g/mol.